The molecule has 0 radical (unpaired) electrons. The van der Waals surface area contributed by atoms with E-state index in [1.54, 1.807) is 12.1 Å². The summed E-state index contributed by atoms with van der Waals surface area (Å²) in [6.07, 6.45) is 3.65. The van der Waals surface area contributed by atoms with Crippen LogP contribution in [-0.2, 0) is 16.0 Å². The van der Waals surface area contributed by atoms with Crippen LogP contribution in [0.5, 0.6) is 5.75 Å². The van der Waals surface area contributed by atoms with Crippen molar-refractivity contribution in [2.24, 2.45) is 5.92 Å². The molecule has 0 unspecified atom stereocenters. The number of carbonyl (C=O) groups is 1. The van der Waals surface area contributed by atoms with Gasteiger partial charge in [-0.3, -0.25) is 4.79 Å². The van der Waals surface area contributed by atoms with Crippen molar-refractivity contribution in [1.82, 2.24) is 5.32 Å². The van der Waals surface area contributed by atoms with E-state index in [9.17, 15) is 9.90 Å². The average molecular weight is 261 g/mol. The first kappa shape index (κ1) is 12.5. The van der Waals surface area contributed by atoms with Gasteiger partial charge in [0.25, 0.3) is 0 Å². The Balaban J connectivity index is 1.43. The van der Waals surface area contributed by atoms with Crippen LogP contribution in [0.2, 0.25) is 0 Å². The largest absolute Gasteiger partial charge is 0.508 e. The summed E-state index contributed by atoms with van der Waals surface area (Å²) in [6.45, 7) is 0.842. The molecule has 1 heterocycles. The lowest BCUT2D eigenvalue weighted by molar-refractivity contribution is -0.124. The second-order valence-corrected chi connectivity index (χ2v) is 5.44. The van der Waals surface area contributed by atoms with Crippen molar-refractivity contribution in [3.05, 3.63) is 29.8 Å². The predicted octanol–water partition coefficient (Wildman–Crippen LogP) is 1.62. The van der Waals surface area contributed by atoms with Gasteiger partial charge < -0.3 is 15.2 Å². The molecule has 1 aliphatic carbocycles. The third kappa shape index (κ3) is 2.73. The van der Waals surface area contributed by atoms with Crippen molar-refractivity contribution >= 4 is 5.91 Å². The lowest BCUT2D eigenvalue weighted by Crippen LogP contribution is -2.53. The summed E-state index contributed by atoms with van der Waals surface area (Å²) in [5.74, 6) is 0.913. The van der Waals surface area contributed by atoms with Gasteiger partial charge in [0.2, 0.25) is 5.91 Å². The summed E-state index contributed by atoms with van der Waals surface area (Å²) in [7, 11) is 0. The molecular weight excluding hydrogens is 242 g/mol. The Morgan fingerprint density at radius 1 is 1.37 bits per heavy atom. The molecule has 3 atom stereocenters. The number of ether oxygens (including phenoxy) is 1. The van der Waals surface area contributed by atoms with E-state index in [4.69, 9.17) is 4.74 Å². The van der Waals surface area contributed by atoms with Crippen LogP contribution in [0.4, 0.5) is 0 Å². The summed E-state index contributed by atoms with van der Waals surface area (Å²) in [5, 5.41) is 12.3. The third-order valence-corrected chi connectivity index (χ3v) is 4.19. The second kappa shape index (κ2) is 5.21. The zero-order chi connectivity index (χ0) is 13.2. The minimum absolute atomic E-state index is 0.114. The minimum atomic E-state index is 0.114. The number of aromatic hydroxyl groups is 1. The monoisotopic (exact) mass is 261 g/mol. The van der Waals surface area contributed by atoms with Crippen LogP contribution in [0.25, 0.3) is 0 Å². The van der Waals surface area contributed by atoms with Gasteiger partial charge in [0.15, 0.2) is 0 Å². The van der Waals surface area contributed by atoms with E-state index in [2.05, 4.69) is 5.32 Å². The standard InChI is InChI=1S/C15H19NO3/c17-11-4-1-10(2-5-11)3-6-15(18)16-13-9-14-12(13)7-8-19-14/h1-2,4-5,12-14,17H,3,6-9H2,(H,16,18)/t12-,13+,14+/m0/s1. The zero-order valence-electron chi connectivity index (χ0n) is 10.8. The minimum Gasteiger partial charge on any atom is -0.508 e. The van der Waals surface area contributed by atoms with Crippen LogP contribution in [0.1, 0.15) is 24.8 Å². The van der Waals surface area contributed by atoms with Crippen LogP contribution < -0.4 is 5.32 Å². The fourth-order valence-corrected chi connectivity index (χ4v) is 2.96. The molecule has 1 saturated heterocycles. The molecule has 1 aromatic carbocycles. The van der Waals surface area contributed by atoms with Gasteiger partial charge in [0.1, 0.15) is 5.75 Å². The molecule has 1 saturated carbocycles. The molecule has 1 aromatic rings. The van der Waals surface area contributed by atoms with Gasteiger partial charge in [-0.2, -0.15) is 0 Å². The zero-order valence-corrected chi connectivity index (χ0v) is 10.8. The van der Waals surface area contributed by atoms with Gasteiger partial charge in [0.05, 0.1) is 6.10 Å². The van der Waals surface area contributed by atoms with E-state index in [0.29, 0.717) is 30.9 Å². The average Bonchev–Trinajstić information content (AvgIpc) is 2.77. The van der Waals surface area contributed by atoms with Crippen molar-refractivity contribution in [2.75, 3.05) is 6.61 Å². The smallest absolute Gasteiger partial charge is 0.220 e. The number of phenolic OH excluding ortho intramolecular Hbond substituents is 1. The second-order valence-electron chi connectivity index (χ2n) is 5.44. The molecule has 19 heavy (non-hydrogen) atoms. The molecule has 2 aliphatic rings. The van der Waals surface area contributed by atoms with Gasteiger partial charge in [-0.15, -0.1) is 0 Å². The van der Waals surface area contributed by atoms with Gasteiger partial charge in [-0.25, -0.2) is 0 Å². The molecule has 2 N–H and O–H groups in total. The maximum absolute atomic E-state index is 11.9. The van der Waals surface area contributed by atoms with E-state index in [0.717, 1.165) is 25.0 Å². The number of phenols is 1. The highest BCUT2D eigenvalue weighted by atomic mass is 16.5. The fourth-order valence-electron chi connectivity index (χ4n) is 2.96. The molecule has 1 aliphatic heterocycles. The lowest BCUT2D eigenvalue weighted by Gasteiger charge is -2.39. The van der Waals surface area contributed by atoms with Crippen LogP contribution in [0, 0.1) is 5.92 Å². The first-order valence-electron chi connectivity index (χ1n) is 6.91. The first-order valence-corrected chi connectivity index (χ1v) is 6.91. The van der Waals surface area contributed by atoms with Crippen molar-refractivity contribution < 1.29 is 14.6 Å². The molecule has 4 nitrogen and oxygen atoms in total. The molecule has 1 amide bonds. The normalized spacial score (nSPS) is 28.5. The lowest BCUT2D eigenvalue weighted by atomic mass is 9.76. The number of rotatable bonds is 4. The number of hydrogen-bond donors (Lipinski definition) is 2. The molecule has 102 valence electrons. The predicted molar refractivity (Wildman–Crippen MR) is 70.8 cm³/mol. The van der Waals surface area contributed by atoms with Crippen molar-refractivity contribution in [1.29, 1.82) is 0 Å². The van der Waals surface area contributed by atoms with E-state index in [-0.39, 0.29) is 11.7 Å². The number of aryl methyl sites for hydroxylation is 1. The Morgan fingerprint density at radius 3 is 2.89 bits per heavy atom. The van der Waals surface area contributed by atoms with E-state index >= 15 is 0 Å². The van der Waals surface area contributed by atoms with Gasteiger partial charge in [-0.1, -0.05) is 12.1 Å². The summed E-state index contributed by atoms with van der Waals surface area (Å²) >= 11 is 0. The van der Waals surface area contributed by atoms with E-state index in [1.807, 2.05) is 12.1 Å². The Kier molecular flexibility index (Phi) is 3.42. The number of hydrogen-bond acceptors (Lipinski definition) is 3. The van der Waals surface area contributed by atoms with Crippen LogP contribution >= 0.6 is 0 Å². The molecule has 0 spiro atoms. The maximum atomic E-state index is 11.9. The first-order chi connectivity index (χ1) is 9.22. The summed E-state index contributed by atoms with van der Waals surface area (Å²) in [5.41, 5.74) is 1.07. The van der Waals surface area contributed by atoms with E-state index in [1.165, 1.54) is 0 Å². The van der Waals surface area contributed by atoms with E-state index < -0.39 is 0 Å². The van der Waals surface area contributed by atoms with Crippen LogP contribution in [-0.4, -0.2) is 29.8 Å². The highest BCUT2D eigenvalue weighted by Gasteiger charge is 2.45. The van der Waals surface area contributed by atoms with Gasteiger partial charge in [-0.05, 0) is 37.0 Å². The maximum Gasteiger partial charge on any atom is 0.220 e. The SMILES string of the molecule is O=C(CCc1ccc(O)cc1)N[C@@H]1C[C@H]2OCC[C@@H]12. The Labute approximate surface area is 112 Å². The molecule has 4 heteroatoms. The molecule has 0 aromatic heterocycles. The number of fused-ring (bicyclic) bond motifs is 1. The quantitative estimate of drug-likeness (QED) is 0.866. The highest BCUT2D eigenvalue weighted by molar-refractivity contribution is 5.76. The van der Waals surface area contributed by atoms with Crippen LogP contribution in [0.3, 0.4) is 0 Å². The fraction of sp³-hybridized carbons (Fsp3) is 0.533. The van der Waals surface area contributed by atoms with Crippen molar-refractivity contribution in [3.8, 4) is 5.75 Å². The van der Waals surface area contributed by atoms with Gasteiger partial charge in [0, 0.05) is 25.0 Å². The summed E-state index contributed by atoms with van der Waals surface area (Å²) in [6, 6.07) is 7.33. The molecule has 3 rings (SSSR count). The number of amides is 1. The highest BCUT2D eigenvalue weighted by Crippen LogP contribution is 2.38. The van der Waals surface area contributed by atoms with Crippen LogP contribution in [0.15, 0.2) is 24.3 Å². The Hall–Kier alpha value is -1.55. The van der Waals surface area contributed by atoms with Gasteiger partial charge >= 0.3 is 0 Å². The van der Waals surface area contributed by atoms with Crippen molar-refractivity contribution in [3.63, 3.8) is 0 Å². The Morgan fingerprint density at radius 2 is 2.16 bits per heavy atom. The molecule has 2 fully saturated rings. The Bertz CT molecular complexity index is 457. The number of nitrogens with one attached hydrogen (secondary N) is 1. The number of carbonyl (C=O) groups excluding carboxylic acids is 1. The number of benzene rings is 1. The summed E-state index contributed by atoms with van der Waals surface area (Å²) < 4.78 is 5.53. The topological polar surface area (TPSA) is 58.6 Å². The molecular formula is C15H19NO3. The van der Waals surface area contributed by atoms with Crippen molar-refractivity contribution in [2.45, 2.75) is 37.8 Å². The summed E-state index contributed by atoms with van der Waals surface area (Å²) in [4.78, 5) is 11.9. The third-order valence-electron chi connectivity index (χ3n) is 4.19. The molecule has 0 bridgehead atoms.